The number of piperazine rings is 1. The molecule has 1 aliphatic heterocycles. The minimum Gasteiger partial charge on any atom is -0.354 e. The number of anilines is 1. The van der Waals surface area contributed by atoms with E-state index in [0.29, 0.717) is 5.56 Å². The fraction of sp³-hybridized carbons (Fsp3) is 0.400. The van der Waals surface area contributed by atoms with Gasteiger partial charge in [0, 0.05) is 45.5 Å². The number of pyridine rings is 1. The van der Waals surface area contributed by atoms with Crippen LogP contribution in [0.1, 0.15) is 23.6 Å². The summed E-state index contributed by atoms with van der Waals surface area (Å²) in [4.78, 5) is 9.46. The average Bonchev–Trinajstić information content (AvgIpc) is 2.69. The molecule has 5 heteroatoms. The minimum atomic E-state index is 0.698. The molecule has 1 fully saturated rings. The first-order valence-corrected chi connectivity index (χ1v) is 8.90. The van der Waals surface area contributed by atoms with Gasteiger partial charge in [-0.25, -0.2) is 4.98 Å². The Balaban J connectivity index is 1.47. The molecule has 130 valence electrons. The van der Waals surface area contributed by atoms with Gasteiger partial charge in [-0.2, -0.15) is 5.26 Å². The minimum absolute atomic E-state index is 0.698. The zero-order valence-corrected chi connectivity index (χ0v) is 14.8. The Morgan fingerprint density at radius 1 is 1.00 bits per heavy atom. The molecule has 0 spiro atoms. The fourth-order valence-corrected chi connectivity index (χ4v) is 3.05. The summed E-state index contributed by atoms with van der Waals surface area (Å²) < 4.78 is 0. The lowest BCUT2D eigenvalue weighted by Gasteiger charge is -2.34. The van der Waals surface area contributed by atoms with Crippen molar-refractivity contribution in [2.75, 3.05) is 37.6 Å². The Morgan fingerprint density at radius 2 is 1.68 bits per heavy atom. The van der Waals surface area contributed by atoms with E-state index < -0.39 is 0 Å². The number of hydrogen-bond donors (Lipinski definition) is 1. The molecule has 1 saturated heterocycles. The molecule has 3 rings (SSSR count). The molecule has 2 heterocycles. The molecule has 2 aromatic rings. The third kappa shape index (κ3) is 4.79. The van der Waals surface area contributed by atoms with Gasteiger partial charge in [0.1, 0.15) is 5.82 Å². The predicted molar refractivity (Wildman–Crippen MR) is 100 cm³/mol. The van der Waals surface area contributed by atoms with Gasteiger partial charge in [-0.1, -0.05) is 25.1 Å². The number of aromatic nitrogens is 1. The molecule has 1 aromatic heterocycles. The third-order valence-electron chi connectivity index (χ3n) is 4.69. The summed E-state index contributed by atoms with van der Waals surface area (Å²) >= 11 is 0. The predicted octanol–water partition coefficient (Wildman–Crippen LogP) is 2.38. The molecule has 0 bridgehead atoms. The van der Waals surface area contributed by atoms with E-state index in [4.69, 9.17) is 5.26 Å². The van der Waals surface area contributed by atoms with E-state index >= 15 is 0 Å². The van der Waals surface area contributed by atoms with Gasteiger partial charge in [-0.05, 0) is 35.9 Å². The number of nitrogens with zero attached hydrogens (tertiary/aromatic N) is 4. The first-order valence-electron chi connectivity index (χ1n) is 8.90. The molecule has 5 nitrogen and oxygen atoms in total. The van der Waals surface area contributed by atoms with Gasteiger partial charge in [0.05, 0.1) is 11.6 Å². The van der Waals surface area contributed by atoms with Gasteiger partial charge in [-0.3, -0.25) is 0 Å². The maximum Gasteiger partial charge on any atom is 0.128 e. The highest BCUT2D eigenvalue weighted by molar-refractivity contribution is 5.40. The number of likely N-dealkylation sites (N-methyl/N-ethyl adjacent to an activating group) is 1. The second kappa shape index (κ2) is 8.61. The van der Waals surface area contributed by atoms with Gasteiger partial charge in [0.2, 0.25) is 0 Å². The van der Waals surface area contributed by atoms with Crippen LogP contribution in [-0.4, -0.2) is 42.6 Å². The van der Waals surface area contributed by atoms with Gasteiger partial charge in [0.15, 0.2) is 0 Å². The van der Waals surface area contributed by atoms with Crippen molar-refractivity contribution in [1.29, 1.82) is 5.26 Å². The van der Waals surface area contributed by atoms with Crippen LogP contribution in [0.5, 0.6) is 0 Å². The first-order chi connectivity index (χ1) is 12.3. The standard InChI is InChI=1S/C20H25N5/c1-2-24-9-11-25(12-10-24)20-8-7-19(16-23-20)15-22-14-18-5-3-17(13-21)4-6-18/h3-8,16,22H,2,9-12,14-15H2,1H3. The molecular weight excluding hydrogens is 310 g/mol. The molecule has 0 unspecified atom stereocenters. The van der Waals surface area contributed by atoms with Crippen molar-refractivity contribution in [3.05, 3.63) is 59.3 Å². The van der Waals surface area contributed by atoms with Crippen LogP contribution in [0.3, 0.4) is 0 Å². The third-order valence-corrected chi connectivity index (χ3v) is 4.69. The normalized spacial score (nSPS) is 15.1. The zero-order valence-electron chi connectivity index (χ0n) is 14.8. The van der Waals surface area contributed by atoms with E-state index in [9.17, 15) is 0 Å². The zero-order chi connectivity index (χ0) is 17.5. The second-order valence-electron chi connectivity index (χ2n) is 6.36. The summed E-state index contributed by atoms with van der Waals surface area (Å²) in [7, 11) is 0. The molecule has 0 saturated carbocycles. The quantitative estimate of drug-likeness (QED) is 0.878. The van der Waals surface area contributed by atoms with Gasteiger partial charge in [0.25, 0.3) is 0 Å². The molecule has 0 aliphatic carbocycles. The summed E-state index contributed by atoms with van der Waals surface area (Å²) in [6.07, 6.45) is 1.97. The van der Waals surface area contributed by atoms with Crippen LogP contribution in [-0.2, 0) is 13.1 Å². The molecular formula is C20H25N5. The van der Waals surface area contributed by atoms with Crippen molar-refractivity contribution < 1.29 is 0 Å². The van der Waals surface area contributed by atoms with Crippen molar-refractivity contribution in [3.8, 4) is 6.07 Å². The number of nitrogens with one attached hydrogen (secondary N) is 1. The van der Waals surface area contributed by atoms with Crippen molar-refractivity contribution in [3.63, 3.8) is 0 Å². The lowest BCUT2D eigenvalue weighted by molar-refractivity contribution is 0.270. The van der Waals surface area contributed by atoms with Gasteiger partial charge in [-0.15, -0.1) is 0 Å². The van der Waals surface area contributed by atoms with Crippen LogP contribution in [0.25, 0.3) is 0 Å². The number of hydrogen-bond acceptors (Lipinski definition) is 5. The monoisotopic (exact) mass is 335 g/mol. The van der Waals surface area contributed by atoms with Gasteiger partial charge >= 0.3 is 0 Å². The fourth-order valence-electron chi connectivity index (χ4n) is 3.05. The van der Waals surface area contributed by atoms with Crippen LogP contribution in [0.2, 0.25) is 0 Å². The van der Waals surface area contributed by atoms with E-state index in [0.717, 1.165) is 51.6 Å². The van der Waals surface area contributed by atoms with Crippen LogP contribution in [0.15, 0.2) is 42.6 Å². The molecule has 1 N–H and O–H groups in total. The van der Waals surface area contributed by atoms with Crippen molar-refractivity contribution in [1.82, 2.24) is 15.2 Å². The molecule has 0 amide bonds. The lowest BCUT2D eigenvalue weighted by atomic mass is 10.1. The maximum atomic E-state index is 8.82. The summed E-state index contributed by atoms with van der Waals surface area (Å²) in [6, 6.07) is 14.1. The van der Waals surface area contributed by atoms with E-state index in [2.05, 4.69) is 45.2 Å². The highest BCUT2D eigenvalue weighted by atomic mass is 15.3. The summed E-state index contributed by atoms with van der Waals surface area (Å²) in [5, 5.41) is 12.2. The highest BCUT2D eigenvalue weighted by Gasteiger charge is 2.16. The highest BCUT2D eigenvalue weighted by Crippen LogP contribution is 2.14. The Bertz CT molecular complexity index is 694. The topological polar surface area (TPSA) is 55.2 Å². The maximum absolute atomic E-state index is 8.82. The molecule has 0 atom stereocenters. The van der Waals surface area contributed by atoms with E-state index in [1.807, 2.05) is 30.5 Å². The van der Waals surface area contributed by atoms with Crippen molar-refractivity contribution in [2.45, 2.75) is 20.0 Å². The lowest BCUT2D eigenvalue weighted by Crippen LogP contribution is -2.46. The van der Waals surface area contributed by atoms with E-state index in [1.54, 1.807) is 0 Å². The smallest absolute Gasteiger partial charge is 0.128 e. The Hall–Kier alpha value is -2.42. The Labute approximate surface area is 149 Å². The molecule has 1 aliphatic rings. The van der Waals surface area contributed by atoms with E-state index in [-0.39, 0.29) is 0 Å². The Kier molecular flexibility index (Phi) is 5.99. The van der Waals surface area contributed by atoms with Crippen molar-refractivity contribution in [2.24, 2.45) is 0 Å². The van der Waals surface area contributed by atoms with Crippen LogP contribution in [0, 0.1) is 11.3 Å². The van der Waals surface area contributed by atoms with Crippen LogP contribution < -0.4 is 10.2 Å². The van der Waals surface area contributed by atoms with E-state index in [1.165, 1.54) is 11.1 Å². The molecule has 0 radical (unpaired) electrons. The van der Waals surface area contributed by atoms with Crippen molar-refractivity contribution >= 4 is 5.82 Å². The summed E-state index contributed by atoms with van der Waals surface area (Å²) in [6.45, 7) is 9.26. The Morgan fingerprint density at radius 3 is 2.28 bits per heavy atom. The number of rotatable bonds is 6. The van der Waals surface area contributed by atoms with Crippen LogP contribution >= 0.6 is 0 Å². The largest absolute Gasteiger partial charge is 0.354 e. The number of nitriles is 1. The van der Waals surface area contributed by atoms with Gasteiger partial charge < -0.3 is 15.1 Å². The SMILES string of the molecule is CCN1CCN(c2ccc(CNCc3ccc(C#N)cc3)cn2)CC1. The second-order valence-corrected chi connectivity index (χ2v) is 6.36. The number of benzene rings is 1. The molecule has 1 aromatic carbocycles. The first kappa shape index (κ1) is 17.4. The molecule has 25 heavy (non-hydrogen) atoms. The summed E-state index contributed by atoms with van der Waals surface area (Å²) in [5.41, 5.74) is 3.06. The summed E-state index contributed by atoms with van der Waals surface area (Å²) in [5.74, 6) is 1.08. The van der Waals surface area contributed by atoms with Crippen LogP contribution in [0.4, 0.5) is 5.82 Å². The average molecular weight is 335 g/mol.